The first-order chi connectivity index (χ1) is 9.79. The van der Waals surface area contributed by atoms with E-state index in [1.54, 1.807) is 0 Å². The normalized spacial score (nSPS) is 22.2. The van der Waals surface area contributed by atoms with Crippen molar-refractivity contribution in [3.63, 3.8) is 0 Å². The van der Waals surface area contributed by atoms with Gasteiger partial charge in [-0.3, -0.25) is 4.79 Å². The van der Waals surface area contributed by atoms with Crippen LogP contribution >= 0.6 is 0 Å². The number of anilines is 1. The molecule has 1 aromatic rings. The van der Waals surface area contributed by atoms with E-state index < -0.39 is 27.7 Å². The molecule has 0 heterocycles. The molecule has 116 valence electrons. The minimum absolute atomic E-state index is 0.0557. The summed E-state index contributed by atoms with van der Waals surface area (Å²) in [5.74, 6) is -2.03. The number of rotatable bonds is 5. The maximum absolute atomic E-state index is 13.8. The average Bonchev–Trinajstić information content (AvgIpc) is 2.84. The molecule has 1 aliphatic carbocycles. The molecule has 1 aromatic carbocycles. The monoisotopic (exact) mass is 316 g/mol. The Bertz CT molecular complexity index is 648. The fourth-order valence-corrected chi connectivity index (χ4v) is 3.19. The van der Waals surface area contributed by atoms with Crippen LogP contribution in [-0.4, -0.2) is 26.0 Å². The molecule has 1 saturated carbocycles. The van der Waals surface area contributed by atoms with Crippen molar-refractivity contribution in [2.75, 3.05) is 11.9 Å². The smallest absolute Gasteiger partial charge is 0.306 e. The number of carbonyl (C=O) groups is 1. The molecule has 1 fully saturated rings. The first-order valence-electron chi connectivity index (χ1n) is 6.58. The highest BCUT2D eigenvalue weighted by Crippen LogP contribution is 2.32. The number of carboxylic acids is 1. The van der Waals surface area contributed by atoms with Crippen LogP contribution in [0.1, 0.15) is 19.3 Å². The van der Waals surface area contributed by atoms with Crippen LogP contribution in [0.3, 0.4) is 0 Å². The summed E-state index contributed by atoms with van der Waals surface area (Å²) in [6, 6.07) is 3.35. The summed E-state index contributed by atoms with van der Waals surface area (Å²) in [4.78, 5) is 10.8. The highest BCUT2D eigenvalue weighted by atomic mass is 32.2. The van der Waals surface area contributed by atoms with Gasteiger partial charge in [0.25, 0.3) is 0 Å². The van der Waals surface area contributed by atoms with Crippen LogP contribution in [-0.2, 0) is 14.8 Å². The van der Waals surface area contributed by atoms with Crippen molar-refractivity contribution < 1.29 is 22.7 Å². The Balaban J connectivity index is 2.06. The van der Waals surface area contributed by atoms with Gasteiger partial charge < -0.3 is 10.4 Å². The molecular weight excluding hydrogens is 299 g/mol. The summed E-state index contributed by atoms with van der Waals surface area (Å²) in [6.45, 7) is 0.336. The van der Waals surface area contributed by atoms with Gasteiger partial charge in [-0.05, 0) is 37.0 Å². The third-order valence-electron chi connectivity index (χ3n) is 3.80. The van der Waals surface area contributed by atoms with Crippen molar-refractivity contribution in [2.24, 2.45) is 17.0 Å². The Labute approximate surface area is 122 Å². The van der Waals surface area contributed by atoms with E-state index >= 15 is 0 Å². The number of carboxylic acid groups (broad SMARTS) is 1. The number of sulfonamides is 1. The van der Waals surface area contributed by atoms with Crippen molar-refractivity contribution in [3.8, 4) is 0 Å². The molecule has 0 radical (unpaired) electrons. The van der Waals surface area contributed by atoms with Gasteiger partial charge in [0, 0.05) is 6.54 Å². The molecule has 1 aliphatic rings. The largest absolute Gasteiger partial charge is 0.481 e. The first kappa shape index (κ1) is 15.7. The Kier molecular flexibility index (Phi) is 4.48. The Hall–Kier alpha value is -1.67. The number of nitrogens with two attached hydrogens (primary N) is 1. The highest BCUT2D eigenvalue weighted by Gasteiger charge is 2.32. The lowest BCUT2D eigenvalue weighted by atomic mass is 9.96. The van der Waals surface area contributed by atoms with Gasteiger partial charge in [0.05, 0.1) is 16.5 Å². The van der Waals surface area contributed by atoms with Gasteiger partial charge in [0.15, 0.2) is 0 Å². The zero-order valence-corrected chi connectivity index (χ0v) is 12.1. The number of benzene rings is 1. The molecule has 2 unspecified atom stereocenters. The average molecular weight is 316 g/mol. The van der Waals surface area contributed by atoms with E-state index in [2.05, 4.69) is 5.32 Å². The fourth-order valence-electron chi connectivity index (χ4n) is 2.66. The molecule has 6 nitrogen and oxygen atoms in total. The van der Waals surface area contributed by atoms with Crippen LogP contribution in [0.15, 0.2) is 23.1 Å². The second-order valence-corrected chi connectivity index (χ2v) is 6.76. The predicted molar refractivity (Wildman–Crippen MR) is 74.7 cm³/mol. The summed E-state index contributed by atoms with van der Waals surface area (Å²) >= 11 is 0. The molecule has 0 amide bonds. The van der Waals surface area contributed by atoms with E-state index in [1.807, 2.05) is 0 Å². The van der Waals surface area contributed by atoms with Gasteiger partial charge in [-0.2, -0.15) is 0 Å². The predicted octanol–water partition coefficient (Wildman–Crippen LogP) is 1.39. The van der Waals surface area contributed by atoms with Crippen molar-refractivity contribution in [1.82, 2.24) is 0 Å². The SMILES string of the molecule is NS(=O)(=O)c1ccc(NCC2CCCC2C(=O)O)c(F)c1. The van der Waals surface area contributed by atoms with Crippen LogP contribution in [0.2, 0.25) is 0 Å². The second kappa shape index (κ2) is 5.98. The number of primary sulfonamides is 1. The maximum atomic E-state index is 13.8. The molecule has 0 saturated heterocycles. The molecule has 21 heavy (non-hydrogen) atoms. The third kappa shape index (κ3) is 3.70. The summed E-state index contributed by atoms with van der Waals surface area (Å²) in [7, 11) is -3.94. The minimum Gasteiger partial charge on any atom is -0.481 e. The lowest BCUT2D eigenvalue weighted by molar-refractivity contribution is -0.142. The molecule has 8 heteroatoms. The third-order valence-corrected chi connectivity index (χ3v) is 4.71. The molecule has 2 rings (SSSR count). The van der Waals surface area contributed by atoms with Gasteiger partial charge >= 0.3 is 5.97 Å². The van der Waals surface area contributed by atoms with Crippen molar-refractivity contribution >= 4 is 21.7 Å². The number of hydrogen-bond donors (Lipinski definition) is 3. The van der Waals surface area contributed by atoms with Crippen molar-refractivity contribution in [1.29, 1.82) is 0 Å². The van der Waals surface area contributed by atoms with Crippen LogP contribution in [0, 0.1) is 17.7 Å². The van der Waals surface area contributed by atoms with Crippen molar-refractivity contribution in [2.45, 2.75) is 24.2 Å². The lowest BCUT2D eigenvalue weighted by Gasteiger charge is -2.17. The van der Waals surface area contributed by atoms with Crippen LogP contribution in [0.4, 0.5) is 10.1 Å². The van der Waals surface area contributed by atoms with Gasteiger partial charge in [-0.1, -0.05) is 6.42 Å². The lowest BCUT2D eigenvalue weighted by Crippen LogP contribution is -2.24. The summed E-state index contributed by atoms with van der Waals surface area (Å²) in [5, 5.41) is 16.8. The van der Waals surface area contributed by atoms with Gasteiger partial charge in [-0.25, -0.2) is 17.9 Å². The van der Waals surface area contributed by atoms with Gasteiger partial charge in [-0.15, -0.1) is 0 Å². The fraction of sp³-hybridized carbons (Fsp3) is 0.462. The van der Waals surface area contributed by atoms with E-state index in [4.69, 9.17) is 10.2 Å². The second-order valence-electron chi connectivity index (χ2n) is 5.20. The van der Waals surface area contributed by atoms with Crippen molar-refractivity contribution in [3.05, 3.63) is 24.0 Å². The molecule has 0 bridgehead atoms. The molecule has 2 atom stereocenters. The Morgan fingerprint density at radius 1 is 1.43 bits per heavy atom. The standard InChI is InChI=1S/C13H17FN2O4S/c14-11-6-9(21(15,19)20)4-5-12(11)16-7-8-2-1-3-10(8)13(17)18/h4-6,8,10,16H,1-3,7H2,(H,17,18)(H2,15,19,20). The van der Waals surface area contributed by atoms with E-state index in [-0.39, 0.29) is 16.5 Å². The van der Waals surface area contributed by atoms with E-state index in [9.17, 15) is 17.6 Å². The van der Waals surface area contributed by atoms with E-state index in [1.165, 1.54) is 12.1 Å². The molecule has 4 N–H and O–H groups in total. The molecular formula is C13H17FN2O4S. The summed E-state index contributed by atoms with van der Waals surface area (Å²) < 4.78 is 36.0. The molecule has 0 aromatic heterocycles. The topological polar surface area (TPSA) is 109 Å². The number of hydrogen-bond acceptors (Lipinski definition) is 4. The van der Waals surface area contributed by atoms with Crippen LogP contribution in [0.25, 0.3) is 0 Å². The van der Waals surface area contributed by atoms with Crippen LogP contribution in [0.5, 0.6) is 0 Å². The molecule has 0 aliphatic heterocycles. The van der Waals surface area contributed by atoms with Gasteiger partial charge in [0.1, 0.15) is 5.82 Å². The number of nitrogens with one attached hydrogen (secondary N) is 1. The van der Waals surface area contributed by atoms with E-state index in [0.29, 0.717) is 13.0 Å². The quantitative estimate of drug-likeness (QED) is 0.760. The highest BCUT2D eigenvalue weighted by molar-refractivity contribution is 7.89. The Morgan fingerprint density at radius 3 is 2.71 bits per heavy atom. The summed E-state index contributed by atoms with van der Waals surface area (Å²) in [6.07, 6.45) is 2.26. The molecule has 0 spiro atoms. The first-order valence-corrected chi connectivity index (χ1v) is 8.12. The number of aliphatic carboxylic acids is 1. The van der Waals surface area contributed by atoms with Gasteiger partial charge in [0.2, 0.25) is 10.0 Å². The van der Waals surface area contributed by atoms with Crippen LogP contribution < -0.4 is 10.5 Å². The summed E-state index contributed by atoms with van der Waals surface area (Å²) in [5.41, 5.74) is 0.137. The zero-order chi connectivity index (χ0) is 15.6. The van der Waals surface area contributed by atoms with E-state index in [0.717, 1.165) is 18.9 Å². The number of halogens is 1. The Morgan fingerprint density at radius 2 is 2.14 bits per heavy atom. The minimum atomic E-state index is -3.94. The zero-order valence-electron chi connectivity index (χ0n) is 11.3. The maximum Gasteiger partial charge on any atom is 0.306 e.